The second-order valence-electron chi connectivity index (χ2n) is 6.15. The molecular weight excluding hydrogens is 406 g/mol. The number of aromatic nitrogens is 2. The van der Waals surface area contributed by atoms with E-state index in [0.29, 0.717) is 29.0 Å². The summed E-state index contributed by atoms with van der Waals surface area (Å²) in [6.45, 7) is 4.62. The van der Waals surface area contributed by atoms with Crippen LogP contribution in [0.25, 0.3) is 0 Å². The normalized spacial score (nSPS) is 9.93. The van der Waals surface area contributed by atoms with E-state index >= 15 is 0 Å². The van der Waals surface area contributed by atoms with E-state index in [4.69, 9.17) is 16.7 Å². The third-order valence-electron chi connectivity index (χ3n) is 3.93. The number of carbonyl (C=O) groups is 1. The second-order valence-corrected chi connectivity index (χ2v) is 6.56. The average Bonchev–Trinajstić information content (AvgIpc) is 3.17. The number of nitro groups is 1. The fourth-order valence-electron chi connectivity index (χ4n) is 2.44. The largest absolute Gasteiger partial charge is 0.378 e. The van der Waals surface area contributed by atoms with Gasteiger partial charge in [0.25, 0.3) is 11.6 Å². The molecule has 0 aliphatic rings. The fraction of sp³-hybridized carbons (Fsp3) is 0.250. The fourth-order valence-corrected chi connectivity index (χ4v) is 2.66. The van der Waals surface area contributed by atoms with Gasteiger partial charge in [0.2, 0.25) is 0 Å². The van der Waals surface area contributed by atoms with Crippen molar-refractivity contribution >= 4 is 29.5 Å². The first-order valence-electron chi connectivity index (χ1n) is 9.27. The molecule has 0 aliphatic heterocycles. The van der Waals surface area contributed by atoms with Gasteiger partial charge in [-0.1, -0.05) is 36.4 Å². The monoisotopic (exact) mass is 429 g/mol. The number of pyridine rings is 1. The van der Waals surface area contributed by atoms with Gasteiger partial charge in [0.05, 0.1) is 16.2 Å². The number of benzene rings is 1. The highest BCUT2D eigenvalue weighted by atomic mass is 32.1. The van der Waals surface area contributed by atoms with E-state index in [2.05, 4.69) is 27.7 Å². The minimum absolute atomic E-state index is 0.000620. The predicted molar refractivity (Wildman–Crippen MR) is 116 cm³/mol. The van der Waals surface area contributed by atoms with E-state index < -0.39 is 4.92 Å². The van der Waals surface area contributed by atoms with Crippen LogP contribution in [0.1, 0.15) is 28.7 Å². The van der Waals surface area contributed by atoms with E-state index in [1.165, 1.54) is 6.07 Å². The summed E-state index contributed by atoms with van der Waals surface area (Å²) in [7, 11) is 0. The lowest BCUT2D eigenvalue weighted by atomic mass is 10.2. The minimum atomic E-state index is -0.454. The minimum Gasteiger partial charge on any atom is -0.378 e. The Morgan fingerprint density at radius 2 is 2.03 bits per heavy atom. The van der Waals surface area contributed by atoms with Crippen molar-refractivity contribution in [3.05, 3.63) is 80.4 Å². The smallest absolute Gasteiger partial charge is 0.292 e. The first-order valence-corrected chi connectivity index (χ1v) is 9.68. The van der Waals surface area contributed by atoms with Crippen molar-refractivity contribution in [2.24, 2.45) is 0 Å². The van der Waals surface area contributed by atoms with Gasteiger partial charge in [-0.15, -0.1) is 0 Å². The third kappa shape index (κ3) is 6.82. The molecule has 2 heterocycles. The summed E-state index contributed by atoms with van der Waals surface area (Å²) in [6, 6.07) is 11.6. The number of para-hydroxylation sites is 2. The number of carbonyl (C=O) groups excluding carboxylic acids is 1. The van der Waals surface area contributed by atoms with Crippen molar-refractivity contribution in [1.29, 1.82) is 0 Å². The number of aromatic amines is 1. The van der Waals surface area contributed by atoms with Crippen LogP contribution >= 0.6 is 12.2 Å². The number of H-pyrrole nitrogens is 1. The molecule has 9 nitrogen and oxygen atoms in total. The van der Waals surface area contributed by atoms with Gasteiger partial charge in [-0.2, -0.15) is 0 Å². The molecule has 30 heavy (non-hydrogen) atoms. The molecule has 0 saturated carbocycles. The topological polar surface area (TPSA) is 126 Å². The molecule has 0 saturated heterocycles. The Kier molecular flexibility index (Phi) is 8.70. The number of rotatable bonds is 7. The van der Waals surface area contributed by atoms with Crippen molar-refractivity contribution < 1.29 is 14.2 Å². The van der Waals surface area contributed by atoms with Gasteiger partial charge in [0.1, 0.15) is 16.1 Å². The molecule has 1 amide bonds. The molecule has 10 heteroatoms. The lowest BCUT2D eigenvalue weighted by molar-refractivity contribution is -0.384. The molecule has 0 bridgehead atoms. The number of nitrogens with zero attached hydrogens (tertiary/aromatic N) is 2. The number of hydrogen-bond acceptors (Lipinski definition) is 7. The van der Waals surface area contributed by atoms with Gasteiger partial charge < -0.3 is 20.1 Å². The summed E-state index contributed by atoms with van der Waals surface area (Å²) in [6.07, 6.45) is 2.60. The van der Waals surface area contributed by atoms with E-state index in [1.54, 1.807) is 36.5 Å². The SMILES string of the molecule is CCc1cc(C)on1.O=C(NCCNc1ccccc1[N+](=O)[O-])c1ccc[nH]c1=S. The molecule has 0 aliphatic carbocycles. The summed E-state index contributed by atoms with van der Waals surface area (Å²) < 4.78 is 5.17. The van der Waals surface area contributed by atoms with Crippen LogP contribution in [0.5, 0.6) is 0 Å². The van der Waals surface area contributed by atoms with Crippen LogP contribution in [0.4, 0.5) is 11.4 Å². The number of nitro benzene ring substituents is 1. The van der Waals surface area contributed by atoms with Gasteiger partial charge in [0, 0.05) is 31.4 Å². The summed E-state index contributed by atoms with van der Waals surface area (Å²) in [5, 5.41) is 20.3. The molecule has 1 aromatic carbocycles. The third-order valence-corrected chi connectivity index (χ3v) is 4.27. The predicted octanol–water partition coefficient (Wildman–Crippen LogP) is 4.04. The quantitative estimate of drug-likeness (QED) is 0.224. The molecule has 0 fully saturated rings. The Morgan fingerprint density at radius 3 is 2.63 bits per heavy atom. The highest BCUT2D eigenvalue weighted by Crippen LogP contribution is 2.22. The summed E-state index contributed by atoms with van der Waals surface area (Å²) in [4.78, 5) is 25.1. The Morgan fingerprint density at radius 1 is 1.27 bits per heavy atom. The molecule has 3 N–H and O–H groups in total. The van der Waals surface area contributed by atoms with Crippen molar-refractivity contribution in [3.8, 4) is 0 Å². The molecule has 158 valence electrons. The molecule has 2 aromatic heterocycles. The van der Waals surface area contributed by atoms with Gasteiger partial charge >= 0.3 is 0 Å². The van der Waals surface area contributed by atoms with E-state index in [1.807, 2.05) is 13.0 Å². The summed E-state index contributed by atoms with van der Waals surface area (Å²) in [5.74, 6) is 0.605. The average molecular weight is 430 g/mol. The van der Waals surface area contributed by atoms with E-state index in [-0.39, 0.29) is 11.6 Å². The van der Waals surface area contributed by atoms with Crippen LogP contribution < -0.4 is 10.6 Å². The highest BCUT2D eigenvalue weighted by Gasteiger charge is 2.11. The first-order chi connectivity index (χ1) is 14.4. The molecule has 3 aromatic rings. The summed E-state index contributed by atoms with van der Waals surface area (Å²) >= 11 is 5.02. The molecule has 0 unspecified atom stereocenters. The van der Waals surface area contributed by atoms with Crippen LogP contribution in [-0.2, 0) is 6.42 Å². The van der Waals surface area contributed by atoms with Gasteiger partial charge in [-0.3, -0.25) is 14.9 Å². The lowest BCUT2D eigenvalue weighted by Crippen LogP contribution is -2.29. The number of anilines is 1. The number of amides is 1. The lowest BCUT2D eigenvalue weighted by Gasteiger charge is -2.08. The summed E-state index contributed by atoms with van der Waals surface area (Å²) in [5.41, 5.74) is 1.84. The molecule has 0 spiro atoms. The molecule has 0 atom stereocenters. The zero-order valence-electron chi connectivity index (χ0n) is 16.7. The standard InChI is InChI=1S/C14H14N4O3S.C6H9NO/c19-13(10-4-3-7-17-14(10)22)16-9-8-15-11-5-1-2-6-12(11)18(20)21;1-3-6-4-5(2)8-7-6/h1-7,15H,8-9H2,(H,16,19)(H,17,22);4H,3H2,1-2H3. The van der Waals surface area contributed by atoms with Crippen LogP contribution in [0.2, 0.25) is 0 Å². The van der Waals surface area contributed by atoms with Crippen LogP contribution in [0.3, 0.4) is 0 Å². The van der Waals surface area contributed by atoms with Crippen molar-refractivity contribution in [1.82, 2.24) is 15.5 Å². The van der Waals surface area contributed by atoms with Gasteiger partial charge in [-0.25, -0.2) is 0 Å². The van der Waals surface area contributed by atoms with Crippen LogP contribution in [0.15, 0.2) is 53.2 Å². The van der Waals surface area contributed by atoms with Crippen molar-refractivity contribution in [2.75, 3.05) is 18.4 Å². The Hall–Kier alpha value is -3.53. The van der Waals surface area contributed by atoms with Gasteiger partial charge in [0.15, 0.2) is 0 Å². The Labute approximate surface area is 178 Å². The number of hydrogen-bond donors (Lipinski definition) is 3. The molecular formula is C20H23N5O4S. The van der Waals surface area contributed by atoms with E-state index in [0.717, 1.165) is 17.9 Å². The van der Waals surface area contributed by atoms with Crippen LogP contribution in [-0.4, -0.2) is 34.1 Å². The Balaban J connectivity index is 0.000000335. The second kappa shape index (κ2) is 11.5. The first kappa shape index (κ1) is 22.8. The maximum absolute atomic E-state index is 11.9. The van der Waals surface area contributed by atoms with E-state index in [9.17, 15) is 14.9 Å². The zero-order valence-corrected chi connectivity index (χ0v) is 17.5. The zero-order chi connectivity index (χ0) is 21.9. The molecule has 0 radical (unpaired) electrons. The highest BCUT2D eigenvalue weighted by molar-refractivity contribution is 7.71. The number of aryl methyl sites for hydroxylation is 2. The van der Waals surface area contributed by atoms with Crippen molar-refractivity contribution in [2.45, 2.75) is 20.3 Å². The maximum Gasteiger partial charge on any atom is 0.292 e. The van der Waals surface area contributed by atoms with Gasteiger partial charge in [-0.05, 0) is 31.5 Å². The maximum atomic E-state index is 11.9. The van der Waals surface area contributed by atoms with Crippen LogP contribution in [0, 0.1) is 21.7 Å². The Bertz CT molecular complexity index is 1050. The number of nitrogens with one attached hydrogen (secondary N) is 3. The van der Waals surface area contributed by atoms with Crippen molar-refractivity contribution in [3.63, 3.8) is 0 Å². The molecule has 3 rings (SSSR count).